The van der Waals surface area contributed by atoms with Crippen LogP contribution in [0.15, 0.2) is 30.5 Å². The number of nitrogens with zero attached hydrogens (tertiary/aromatic N) is 2. The SMILES string of the molecule is OCCCc1nccc(-c2cc(Cl)ccc2F)n1. The molecule has 0 spiro atoms. The second-order valence-corrected chi connectivity index (χ2v) is 4.25. The molecule has 0 aliphatic carbocycles. The van der Waals surface area contributed by atoms with Crippen molar-refractivity contribution in [2.75, 3.05) is 6.61 Å². The van der Waals surface area contributed by atoms with Gasteiger partial charge in [0, 0.05) is 29.8 Å². The molecule has 0 radical (unpaired) electrons. The van der Waals surface area contributed by atoms with Gasteiger partial charge in [-0.15, -0.1) is 0 Å². The largest absolute Gasteiger partial charge is 0.396 e. The van der Waals surface area contributed by atoms with Crippen molar-refractivity contribution >= 4 is 11.6 Å². The molecule has 1 heterocycles. The number of hydrogen-bond donors (Lipinski definition) is 1. The predicted octanol–water partition coefficient (Wildman–Crippen LogP) is 2.86. The van der Waals surface area contributed by atoms with Gasteiger partial charge in [-0.2, -0.15) is 0 Å². The van der Waals surface area contributed by atoms with E-state index in [2.05, 4.69) is 9.97 Å². The molecule has 3 nitrogen and oxygen atoms in total. The Kier molecular flexibility index (Phi) is 4.23. The van der Waals surface area contributed by atoms with Crippen molar-refractivity contribution in [3.8, 4) is 11.3 Å². The lowest BCUT2D eigenvalue weighted by Gasteiger charge is -2.05. The second kappa shape index (κ2) is 5.89. The molecule has 0 atom stereocenters. The summed E-state index contributed by atoms with van der Waals surface area (Å²) in [6.45, 7) is 0.0825. The number of aliphatic hydroxyl groups excluding tert-OH is 1. The number of rotatable bonds is 4. The lowest BCUT2D eigenvalue weighted by Crippen LogP contribution is -1.99. The third-order valence-electron chi connectivity index (χ3n) is 2.47. The number of aliphatic hydroxyl groups is 1. The third-order valence-corrected chi connectivity index (χ3v) is 2.70. The van der Waals surface area contributed by atoms with Gasteiger partial charge in [0.05, 0.1) is 5.69 Å². The Balaban J connectivity index is 2.35. The Hall–Kier alpha value is -1.52. The lowest BCUT2D eigenvalue weighted by molar-refractivity contribution is 0.287. The van der Waals surface area contributed by atoms with Gasteiger partial charge in [0.15, 0.2) is 0 Å². The first-order chi connectivity index (χ1) is 8.70. The smallest absolute Gasteiger partial charge is 0.132 e. The summed E-state index contributed by atoms with van der Waals surface area (Å²) in [5, 5.41) is 9.22. The van der Waals surface area contributed by atoms with E-state index in [1.807, 2.05) is 0 Å². The van der Waals surface area contributed by atoms with Crippen LogP contribution in [0.1, 0.15) is 12.2 Å². The summed E-state index contributed by atoms with van der Waals surface area (Å²) in [6, 6.07) is 5.98. The molecule has 5 heteroatoms. The van der Waals surface area contributed by atoms with Crippen LogP contribution in [0.5, 0.6) is 0 Å². The first kappa shape index (κ1) is 12.9. The molecule has 0 aliphatic rings. The van der Waals surface area contributed by atoms with Gasteiger partial charge in [-0.25, -0.2) is 14.4 Å². The Morgan fingerprint density at radius 2 is 2.11 bits per heavy atom. The Morgan fingerprint density at radius 1 is 1.28 bits per heavy atom. The Morgan fingerprint density at radius 3 is 2.89 bits per heavy atom. The van der Waals surface area contributed by atoms with Crippen molar-refractivity contribution in [3.63, 3.8) is 0 Å². The highest BCUT2D eigenvalue weighted by molar-refractivity contribution is 6.30. The van der Waals surface area contributed by atoms with Crippen LogP contribution in [0.3, 0.4) is 0 Å². The molecule has 2 rings (SSSR count). The van der Waals surface area contributed by atoms with Gasteiger partial charge in [-0.3, -0.25) is 0 Å². The van der Waals surface area contributed by atoms with Crippen LogP contribution in [0.4, 0.5) is 4.39 Å². The van der Waals surface area contributed by atoms with Gasteiger partial charge in [-0.1, -0.05) is 11.6 Å². The topological polar surface area (TPSA) is 46.0 Å². The minimum absolute atomic E-state index is 0.0825. The predicted molar refractivity (Wildman–Crippen MR) is 67.8 cm³/mol. The summed E-state index contributed by atoms with van der Waals surface area (Å²) in [5.74, 6) is 0.215. The maximum absolute atomic E-state index is 13.7. The molecule has 0 bridgehead atoms. The minimum Gasteiger partial charge on any atom is -0.396 e. The Labute approximate surface area is 109 Å². The normalized spacial score (nSPS) is 10.6. The summed E-state index contributed by atoms with van der Waals surface area (Å²) in [4.78, 5) is 8.34. The summed E-state index contributed by atoms with van der Waals surface area (Å²) >= 11 is 5.85. The monoisotopic (exact) mass is 266 g/mol. The summed E-state index contributed by atoms with van der Waals surface area (Å²) in [7, 11) is 0. The minimum atomic E-state index is -0.369. The van der Waals surface area contributed by atoms with Crippen molar-refractivity contribution in [3.05, 3.63) is 47.1 Å². The van der Waals surface area contributed by atoms with Gasteiger partial charge in [0.1, 0.15) is 11.6 Å². The van der Waals surface area contributed by atoms with Crippen molar-refractivity contribution in [2.45, 2.75) is 12.8 Å². The molecule has 0 saturated carbocycles. The van der Waals surface area contributed by atoms with Crippen LogP contribution in [0.25, 0.3) is 11.3 Å². The molecular weight excluding hydrogens is 255 g/mol. The van der Waals surface area contributed by atoms with E-state index in [0.717, 1.165) is 0 Å². The average Bonchev–Trinajstić information content (AvgIpc) is 2.39. The molecule has 94 valence electrons. The second-order valence-electron chi connectivity index (χ2n) is 3.81. The number of benzene rings is 1. The van der Waals surface area contributed by atoms with E-state index in [1.54, 1.807) is 12.3 Å². The van der Waals surface area contributed by atoms with Crippen LogP contribution in [-0.4, -0.2) is 21.7 Å². The number of halogens is 2. The third kappa shape index (κ3) is 3.03. The first-order valence-corrected chi connectivity index (χ1v) is 5.96. The highest BCUT2D eigenvalue weighted by Crippen LogP contribution is 2.24. The van der Waals surface area contributed by atoms with E-state index < -0.39 is 0 Å². The van der Waals surface area contributed by atoms with Gasteiger partial charge < -0.3 is 5.11 Å². The standard InChI is InChI=1S/C13H12ClFN2O/c14-9-3-4-11(15)10(8-9)12-5-6-16-13(17-12)2-1-7-18/h3-6,8,18H,1-2,7H2. The van der Waals surface area contributed by atoms with Crippen molar-refractivity contribution < 1.29 is 9.50 Å². The van der Waals surface area contributed by atoms with Gasteiger partial charge in [0.2, 0.25) is 0 Å². The fourth-order valence-corrected chi connectivity index (χ4v) is 1.77. The highest BCUT2D eigenvalue weighted by atomic mass is 35.5. The van der Waals surface area contributed by atoms with E-state index in [1.165, 1.54) is 18.2 Å². The van der Waals surface area contributed by atoms with Gasteiger partial charge in [0.25, 0.3) is 0 Å². The number of aromatic nitrogens is 2. The number of aryl methyl sites for hydroxylation is 1. The van der Waals surface area contributed by atoms with Crippen LogP contribution >= 0.6 is 11.6 Å². The first-order valence-electron chi connectivity index (χ1n) is 5.59. The van der Waals surface area contributed by atoms with Crippen LogP contribution < -0.4 is 0 Å². The zero-order valence-electron chi connectivity index (χ0n) is 9.61. The molecule has 0 saturated heterocycles. The fraction of sp³-hybridized carbons (Fsp3) is 0.231. The van der Waals surface area contributed by atoms with E-state index in [0.29, 0.717) is 34.9 Å². The van der Waals surface area contributed by atoms with E-state index in [4.69, 9.17) is 16.7 Å². The maximum Gasteiger partial charge on any atom is 0.132 e. The fourth-order valence-electron chi connectivity index (χ4n) is 1.60. The van der Waals surface area contributed by atoms with Gasteiger partial charge in [-0.05, 0) is 30.7 Å². The summed E-state index contributed by atoms with van der Waals surface area (Å²) in [6.07, 6.45) is 2.73. The van der Waals surface area contributed by atoms with Crippen LogP contribution in [-0.2, 0) is 6.42 Å². The van der Waals surface area contributed by atoms with Gasteiger partial charge >= 0.3 is 0 Å². The van der Waals surface area contributed by atoms with Crippen LogP contribution in [0, 0.1) is 5.82 Å². The van der Waals surface area contributed by atoms with E-state index in [-0.39, 0.29) is 12.4 Å². The molecule has 0 fully saturated rings. The quantitative estimate of drug-likeness (QED) is 0.926. The molecule has 18 heavy (non-hydrogen) atoms. The maximum atomic E-state index is 13.7. The molecule has 0 amide bonds. The zero-order valence-corrected chi connectivity index (χ0v) is 10.4. The molecular formula is C13H12ClFN2O. The summed E-state index contributed by atoms with van der Waals surface area (Å²) < 4.78 is 13.7. The van der Waals surface area contributed by atoms with E-state index in [9.17, 15) is 4.39 Å². The lowest BCUT2D eigenvalue weighted by atomic mass is 10.1. The van der Waals surface area contributed by atoms with E-state index >= 15 is 0 Å². The van der Waals surface area contributed by atoms with Crippen molar-refractivity contribution in [2.24, 2.45) is 0 Å². The van der Waals surface area contributed by atoms with Crippen molar-refractivity contribution in [1.82, 2.24) is 9.97 Å². The molecule has 0 unspecified atom stereocenters. The molecule has 0 aliphatic heterocycles. The Bertz CT molecular complexity index is 548. The molecule has 1 aromatic carbocycles. The molecule has 2 aromatic rings. The molecule has 1 aromatic heterocycles. The average molecular weight is 267 g/mol. The zero-order chi connectivity index (χ0) is 13.0. The summed E-state index contributed by atoms with van der Waals surface area (Å²) in [5.41, 5.74) is 0.855. The highest BCUT2D eigenvalue weighted by Gasteiger charge is 2.08. The van der Waals surface area contributed by atoms with Crippen molar-refractivity contribution in [1.29, 1.82) is 0 Å². The van der Waals surface area contributed by atoms with Crippen LogP contribution in [0.2, 0.25) is 5.02 Å². The molecule has 1 N–H and O–H groups in total. The number of hydrogen-bond acceptors (Lipinski definition) is 3.